The van der Waals surface area contributed by atoms with E-state index in [-0.39, 0.29) is 25.7 Å². The molecule has 0 aromatic carbocycles. The van der Waals surface area contributed by atoms with Crippen molar-refractivity contribution in [2.45, 2.75) is 354 Å². The summed E-state index contributed by atoms with van der Waals surface area (Å²) in [4.78, 5) is 72.2. The summed E-state index contributed by atoms with van der Waals surface area (Å²) in [5.41, 5.74) is 0. The predicted molar refractivity (Wildman–Crippen MR) is 335 cm³/mol. The highest BCUT2D eigenvalue weighted by molar-refractivity contribution is 7.47. The van der Waals surface area contributed by atoms with Crippen molar-refractivity contribution in [3.05, 3.63) is 0 Å². The number of unbranched alkanes of at least 4 members (excludes halogenated alkanes) is 40. The highest BCUT2D eigenvalue weighted by Gasteiger charge is 2.30. The molecule has 5 atom stereocenters. The molecule has 498 valence electrons. The zero-order chi connectivity index (χ0) is 61.9. The Balaban J connectivity index is 5.18. The van der Waals surface area contributed by atoms with Crippen molar-refractivity contribution in [1.82, 2.24) is 0 Å². The molecule has 84 heavy (non-hydrogen) atoms. The highest BCUT2D eigenvalue weighted by atomic mass is 31.2. The maximum atomic E-state index is 13.0. The average molecular weight is 1240 g/mol. The number of hydrogen-bond donors (Lipinski definition) is 3. The molecule has 0 saturated carbocycles. The lowest BCUT2D eigenvalue weighted by Crippen LogP contribution is -2.30. The fourth-order valence-corrected chi connectivity index (χ4v) is 11.4. The van der Waals surface area contributed by atoms with Crippen LogP contribution in [0.25, 0.3) is 0 Å². The normalized spacial score (nSPS) is 14.1. The summed E-state index contributed by atoms with van der Waals surface area (Å²) in [6, 6.07) is 0. The molecule has 0 fully saturated rings. The molecular formula is C65H126O17P2. The van der Waals surface area contributed by atoms with Gasteiger partial charge >= 0.3 is 39.5 Å². The molecular weight excluding hydrogens is 1110 g/mol. The minimum absolute atomic E-state index is 0.106. The van der Waals surface area contributed by atoms with Crippen molar-refractivity contribution in [1.29, 1.82) is 0 Å². The van der Waals surface area contributed by atoms with E-state index in [9.17, 15) is 43.2 Å². The Kier molecular flexibility index (Phi) is 58.6. The van der Waals surface area contributed by atoms with Crippen LogP contribution in [0.1, 0.15) is 336 Å². The third-order valence-corrected chi connectivity index (χ3v) is 17.0. The molecule has 0 aliphatic heterocycles. The molecule has 0 radical (unpaired) electrons. The average Bonchev–Trinajstić information content (AvgIpc) is 3.65. The Hall–Kier alpha value is -1.94. The van der Waals surface area contributed by atoms with Crippen LogP contribution in [-0.4, -0.2) is 96.7 Å². The molecule has 0 aliphatic carbocycles. The first-order chi connectivity index (χ1) is 40.7. The van der Waals surface area contributed by atoms with Gasteiger partial charge in [0.15, 0.2) is 12.2 Å². The van der Waals surface area contributed by atoms with Gasteiger partial charge in [0.25, 0.3) is 0 Å². The van der Waals surface area contributed by atoms with E-state index in [1.54, 1.807) is 0 Å². The van der Waals surface area contributed by atoms with Crippen LogP contribution in [0.3, 0.4) is 0 Å². The van der Waals surface area contributed by atoms with E-state index in [1.807, 2.05) is 0 Å². The maximum Gasteiger partial charge on any atom is 0.472 e. The second-order valence-electron chi connectivity index (χ2n) is 23.5. The number of phosphoric acid groups is 2. The van der Waals surface area contributed by atoms with Crippen LogP contribution in [-0.2, 0) is 65.4 Å². The van der Waals surface area contributed by atoms with Gasteiger partial charge in [0.05, 0.1) is 26.4 Å². The number of carbonyl (C=O) groups excluding carboxylic acids is 4. The first kappa shape index (κ1) is 82.1. The standard InChI is InChI=1S/C65H126O17P2/c1-5-9-13-17-21-25-27-29-30-31-33-36-40-44-48-52-65(70)82-61(56-75-62(67)49-45-41-38-34-23-19-15-11-7-3)58-80-84(73,74)78-54-59(66)53-77-83(71,72)79-57-60(81-64(69)51-47-43-37-24-20-16-12-8-4)55-76-63(68)50-46-42-39-35-32-28-26-22-18-14-10-6-2/h59-61,66H,5-58H2,1-4H3,(H,71,72)(H,73,74)/t59-,60+,61+/m0/s1. The van der Waals surface area contributed by atoms with Crippen molar-refractivity contribution in [2.24, 2.45) is 0 Å². The Morgan fingerprint density at radius 1 is 0.286 bits per heavy atom. The van der Waals surface area contributed by atoms with Crippen molar-refractivity contribution in [3.8, 4) is 0 Å². The van der Waals surface area contributed by atoms with Gasteiger partial charge in [-0.1, -0.05) is 285 Å². The number of hydrogen-bond acceptors (Lipinski definition) is 15. The van der Waals surface area contributed by atoms with E-state index in [2.05, 4.69) is 27.7 Å². The van der Waals surface area contributed by atoms with Crippen LogP contribution < -0.4 is 0 Å². The largest absolute Gasteiger partial charge is 0.472 e. The maximum absolute atomic E-state index is 13.0. The van der Waals surface area contributed by atoms with Gasteiger partial charge in [-0.2, -0.15) is 0 Å². The summed E-state index contributed by atoms with van der Waals surface area (Å²) < 4.78 is 68.0. The van der Waals surface area contributed by atoms with Gasteiger partial charge in [-0.3, -0.25) is 37.3 Å². The van der Waals surface area contributed by atoms with Crippen LogP contribution in [0.2, 0.25) is 0 Å². The van der Waals surface area contributed by atoms with Crippen molar-refractivity contribution >= 4 is 39.5 Å². The van der Waals surface area contributed by atoms with Gasteiger partial charge < -0.3 is 33.8 Å². The molecule has 0 amide bonds. The molecule has 0 heterocycles. The predicted octanol–water partition coefficient (Wildman–Crippen LogP) is 18.3. The summed E-state index contributed by atoms with van der Waals surface area (Å²) in [6.07, 6.45) is 45.8. The van der Waals surface area contributed by atoms with Gasteiger partial charge in [-0.05, 0) is 25.7 Å². The molecule has 0 aromatic rings. The number of carbonyl (C=O) groups is 4. The molecule has 0 aromatic heterocycles. The van der Waals surface area contributed by atoms with Gasteiger partial charge in [0.1, 0.15) is 19.3 Å². The third-order valence-electron chi connectivity index (χ3n) is 15.1. The van der Waals surface area contributed by atoms with Crippen LogP contribution >= 0.6 is 15.6 Å². The van der Waals surface area contributed by atoms with Gasteiger partial charge in [-0.25, -0.2) is 9.13 Å². The van der Waals surface area contributed by atoms with E-state index in [4.69, 9.17) is 37.0 Å². The lowest BCUT2D eigenvalue weighted by Gasteiger charge is -2.21. The molecule has 17 nitrogen and oxygen atoms in total. The summed E-state index contributed by atoms with van der Waals surface area (Å²) >= 11 is 0. The minimum atomic E-state index is -4.94. The quantitative estimate of drug-likeness (QED) is 0.0222. The molecule has 0 bridgehead atoms. The zero-order valence-corrected chi connectivity index (χ0v) is 55.7. The van der Waals surface area contributed by atoms with Crippen molar-refractivity contribution in [3.63, 3.8) is 0 Å². The lowest BCUT2D eigenvalue weighted by atomic mass is 10.0. The second-order valence-corrected chi connectivity index (χ2v) is 26.4. The number of esters is 4. The summed E-state index contributed by atoms with van der Waals surface area (Å²) in [5.74, 6) is -2.13. The second kappa shape index (κ2) is 60.0. The van der Waals surface area contributed by atoms with Crippen molar-refractivity contribution < 1.29 is 80.2 Å². The number of ether oxygens (including phenoxy) is 4. The smallest absolute Gasteiger partial charge is 0.462 e. The molecule has 0 rings (SSSR count). The Bertz CT molecular complexity index is 1620. The number of aliphatic hydroxyl groups excluding tert-OH is 1. The molecule has 2 unspecified atom stereocenters. The Morgan fingerprint density at radius 3 is 0.702 bits per heavy atom. The molecule has 3 N–H and O–H groups in total. The first-order valence-electron chi connectivity index (χ1n) is 34.3. The fourth-order valence-electron chi connectivity index (χ4n) is 9.81. The molecule has 19 heteroatoms. The van der Waals surface area contributed by atoms with Crippen LogP contribution in [0.5, 0.6) is 0 Å². The molecule has 0 aliphatic rings. The van der Waals surface area contributed by atoms with Crippen molar-refractivity contribution in [2.75, 3.05) is 39.6 Å². The van der Waals surface area contributed by atoms with Gasteiger partial charge in [0.2, 0.25) is 0 Å². The summed E-state index contributed by atoms with van der Waals surface area (Å²) in [7, 11) is -9.88. The number of phosphoric ester groups is 2. The van der Waals surface area contributed by atoms with E-state index in [0.717, 1.165) is 96.3 Å². The summed E-state index contributed by atoms with van der Waals surface area (Å²) in [5, 5.41) is 10.5. The fraction of sp³-hybridized carbons (Fsp3) is 0.938. The summed E-state index contributed by atoms with van der Waals surface area (Å²) in [6.45, 7) is 4.87. The number of rotatable bonds is 66. The van der Waals surface area contributed by atoms with E-state index in [0.29, 0.717) is 25.7 Å². The molecule has 0 spiro atoms. The lowest BCUT2D eigenvalue weighted by molar-refractivity contribution is -0.161. The third kappa shape index (κ3) is 59.0. The van der Waals surface area contributed by atoms with E-state index >= 15 is 0 Å². The van der Waals surface area contributed by atoms with E-state index in [1.165, 1.54) is 161 Å². The highest BCUT2D eigenvalue weighted by Crippen LogP contribution is 2.45. The SMILES string of the molecule is CCCCCCCCCCCCCCCCCC(=O)O[C@H](COC(=O)CCCCCCCCCCC)COP(=O)(O)OC[C@@H](O)COP(=O)(O)OC[C@@H](COC(=O)CCCCCCCCCCCCCC)OC(=O)CCCCCCCCCC. The Labute approximate surface area is 511 Å². The molecule has 0 saturated heterocycles. The van der Waals surface area contributed by atoms with E-state index < -0.39 is 97.5 Å². The zero-order valence-electron chi connectivity index (χ0n) is 53.9. The monoisotopic (exact) mass is 1240 g/mol. The first-order valence-corrected chi connectivity index (χ1v) is 37.3. The van der Waals surface area contributed by atoms with Gasteiger partial charge in [-0.15, -0.1) is 0 Å². The topological polar surface area (TPSA) is 237 Å². The minimum Gasteiger partial charge on any atom is -0.462 e. The number of aliphatic hydroxyl groups is 1. The van der Waals surface area contributed by atoms with Crippen LogP contribution in [0.4, 0.5) is 0 Å². The van der Waals surface area contributed by atoms with Gasteiger partial charge in [0, 0.05) is 25.7 Å². The van der Waals surface area contributed by atoms with Crippen LogP contribution in [0, 0.1) is 0 Å². The Morgan fingerprint density at radius 2 is 0.476 bits per heavy atom. The van der Waals surface area contributed by atoms with Crippen LogP contribution in [0.15, 0.2) is 0 Å².